The summed E-state index contributed by atoms with van der Waals surface area (Å²) in [5, 5.41) is 2.82. The first-order chi connectivity index (χ1) is 13.9. The summed E-state index contributed by atoms with van der Waals surface area (Å²) in [6.07, 6.45) is 4.41. The quantitative estimate of drug-likeness (QED) is 0.695. The number of carbonyl (C=O) groups excluding carboxylic acids is 1. The molecule has 6 nitrogen and oxygen atoms in total. The van der Waals surface area contributed by atoms with Gasteiger partial charge in [-0.3, -0.25) is 4.79 Å². The maximum atomic E-state index is 12.9. The Morgan fingerprint density at radius 1 is 1.17 bits per heavy atom. The van der Waals surface area contributed by atoms with Crippen LogP contribution < -0.4 is 10.1 Å². The number of carbonyl (C=O) groups is 1. The third-order valence-electron chi connectivity index (χ3n) is 4.87. The average molecular weight is 415 g/mol. The summed E-state index contributed by atoms with van der Waals surface area (Å²) in [7, 11) is -3.60. The highest BCUT2D eigenvalue weighted by Gasteiger charge is 2.27. The number of ether oxygens (including phenoxy) is 1. The van der Waals surface area contributed by atoms with E-state index in [-0.39, 0.29) is 10.8 Å². The Labute approximate surface area is 172 Å². The van der Waals surface area contributed by atoms with Crippen molar-refractivity contribution in [2.75, 3.05) is 25.0 Å². The van der Waals surface area contributed by atoms with Gasteiger partial charge >= 0.3 is 0 Å². The second-order valence-electron chi connectivity index (χ2n) is 7.02. The van der Waals surface area contributed by atoms with E-state index >= 15 is 0 Å². The van der Waals surface area contributed by atoms with Gasteiger partial charge in [0.15, 0.2) is 0 Å². The number of rotatable bonds is 7. The standard InChI is InChI=1S/C22H26N2O4S/c1-3-14-28-19-9-7-8-18(15-19)23-22(25)21-16-20(11-10-17(21)2)29(26,27)24-12-5-4-6-13-24/h3,7-11,15-16H,1,4-6,12-14H2,2H3,(H,23,25). The number of aryl methyl sites for hydroxylation is 1. The molecule has 2 aromatic carbocycles. The van der Waals surface area contributed by atoms with E-state index in [9.17, 15) is 13.2 Å². The molecule has 29 heavy (non-hydrogen) atoms. The Kier molecular flexibility index (Phi) is 6.71. The zero-order valence-corrected chi connectivity index (χ0v) is 17.4. The molecule has 1 saturated heterocycles. The van der Waals surface area contributed by atoms with E-state index in [1.54, 1.807) is 49.4 Å². The van der Waals surface area contributed by atoms with Crippen molar-refractivity contribution >= 4 is 21.6 Å². The molecule has 0 unspecified atom stereocenters. The van der Waals surface area contributed by atoms with Gasteiger partial charge in [-0.15, -0.1) is 0 Å². The molecule has 1 aliphatic rings. The van der Waals surface area contributed by atoms with Crippen LogP contribution in [0.3, 0.4) is 0 Å². The smallest absolute Gasteiger partial charge is 0.255 e. The van der Waals surface area contributed by atoms with Gasteiger partial charge in [-0.1, -0.05) is 31.2 Å². The van der Waals surface area contributed by atoms with E-state index in [0.29, 0.717) is 42.3 Å². The third-order valence-corrected chi connectivity index (χ3v) is 6.76. The van der Waals surface area contributed by atoms with Crippen molar-refractivity contribution in [2.45, 2.75) is 31.1 Å². The molecular formula is C22H26N2O4S. The van der Waals surface area contributed by atoms with Gasteiger partial charge in [-0.2, -0.15) is 4.31 Å². The van der Waals surface area contributed by atoms with Crippen LogP contribution in [-0.4, -0.2) is 38.3 Å². The van der Waals surface area contributed by atoms with E-state index in [4.69, 9.17) is 4.74 Å². The zero-order chi connectivity index (χ0) is 20.9. The monoisotopic (exact) mass is 414 g/mol. The normalized spacial score (nSPS) is 14.9. The molecule has 154 valence electrons. The molecule has 0 aliphatic carbocycles. The highest BCUT2D eigenvalue weighted by molar-refractivity contribution is 7.89. The van der Waals surface area contributed by atoms with Crippen LogP contribution in [0.25, 0.3) is 0 Å². The molecule has 0 bridgehead atoms. The number of sulfonamides is 1. The first kappa shape index (κ1) is 21.1. The van der Waals surface area contributed by atoms with Crippen LogP contribution in [0.5, 0.6) is 5.75 Å². The summed E-state index contributed by atoms with van der Waals surface area (Å²) in [4.78, 5) is 13.0. The maximum Gasteiger partial charge on any atom is 0.255 e. The van der Waals surface area contributed by atoms with Gasteiger partial charge in [0.1, 0.15) is 12.4 Å². The number of anilines is 1. The molecule has 0 atom stereocenters. The summed E-state index contributed by atoms with van der Waals surface area (Å²) < 4.78 is 32.9. The molecule has 2 aromatic rings. The van der Waals surface area contributed by atoms with Crippen LogP contribution in [0, 0.1) is 6.92 Å². The molecule has 0 aromatic heterocycles. The van der Waals surface area contributed by atoms with Gasteiger partial charge in [0, 0.05) is 30.4 Å². The van der Waals surface area contributed by atoms with E-state index in [2.05, 4.69) is 11.9 Å². The highest BCUT2D eigenvalue weighted by Crippen LogP contribution is 2.24. The Morgan fingerprint density at radius 2 is 1.93 bits per heavy atom. The fourth-order valence-corrected chi connectivity index (χ4v) is 4.82. The largest absolute Gasteiger partial charge is 0.489 e. The topological polar surface area (TPSA) is 75.7 Å². The molecule has 7 heteroatoms. The van der Waals surface area contributed by atoms with Crippen LogP contribution in [0.1, 0.15) is 35.2 Å². The van der Waals surface area contributed by atoms with Crippen molar-refractivity contribution in [2.24, 2.45) is 0 Å². The number of hydrogen-bond acceptors (Lipinski definition) is 4. The summed E-state index contributed by atoms with van der Waals surface area (Å²) in [5.74, 6) is 0.250. The number of nitrogens with one attached hydrogen (secondary N) is 1. The van der Waals surface area contributed by atoms with E-state index in [1.165, 1.54) is 10.4 Å². The third kappa shape index (κ3) is 5.05. The predicted octanol–water partition coefficient (Wildman–Crippen LogP) is 3.99. The lowest BCUT2D eigenvalue weighted by Crippen LogP contribution is -2.35. The average Bonchev–Trinajstić information content (AvgIpc) is 2.73. The minimum atomic E-state index is -3.60. The molecular weight excluding hydrogens is 388 g/mol. The van der Waals surface area contributed by atoms with Crippen LogP contribution in [0.2, 0.25) is 0 Å². The number of hydrogen-bond donors (Lipinski definition) is 1. The minimum absolute atomic E-state index is 0.151. The second-order valence-corrected chi connectivity index (χ2v) is 8.96. The van der Waals surface area contributed by atoms with E-state index in [0.717, 1.165) is 19.3 Å². The van der Waals surface area contributed by atoms with Crippen LogP contribution >= 0.6 is 0 Å². The van der Waals surface area contributed by atoms with Crippen molar-refractivity contribution < 1.29 is 17.9 Å². The molecule has 0 spiro atoms. The molecule has 0 saturated carbocycles. The molecule has 0 radical (unpaired) electrons. The zero-order valence-electron chi connectivity index (χ0n) is 16.6. The maximum absolute atomic E-state index is 12.9. The molecule has 1 N–H and O–H groups in total. The van der Waals surface area contributed by atoms with Crippen molar-refractivity contribution in [3.05, 3.63) is 66.2 Å². The molecule has 1 aliphatic heterocycles. The van der Waals surface area contributed by atoms with Gasteiger partial charge in [0.25, 0.3) is 5.91 Å². The summed E-state index contributed by atoms with van der Waals surface area (Å²) >= 11 is 0. The fraction of sp³-hybridized carbons (Fsp3) is 0.318. The lowest BCUT2D eigenvalue weighted by Gasteiger charge is -2.26. The van der Waals surface area contributed by atoms with Gasteiger partial charge < -0.3 is 10.1 Å². The fourth-order valence-electron chi connectivity index (χ4n) is 3.28. The van der Waals surface area contributed by atoms with Gasteiger partial charge in [0.05, 0.1) is 4.90 Å². The minimum Gasteiger partial charge on any atom is -0.489 e. The van der Waals surface area contributed by atoms with Crippen molar-refractivity contribution in [3.63, 3.8) is 0 Å². The van der Waals surface area contributed by atoms with Gasteiger partial charge in [-0.25, -0.2) is 8.42 Å². The Hall–Kier alpha value is -2.64. The Balaban J connectivity index is 1.82. The number of benzene rings is 2. The summed E-state index contributed by atoms with van der Waals surface area (Å²) in [6.45, 7) is 6.81. The number of amides is 1. The molecule has 3 rings (SSSR count). The van der Waals surface area contributed by atoms with Gasteiger partial charge in [0.2, 0.25) is 10.0 Å². The summed E-state index contributed by atoms with van der Waals surface area (Å²) in [6, 6.07) is 11.7. The molecule has 1 fully saturated rings. The van der Waals surface area contributed by atoms with Crippen LogP contribution in [0.4, 0.5) is 5.69 Å². The van der Waals surface area contributed by atoms with Crippen LogP contribution in [0.15, 0.2) is 60.0 Å². The Morgan fingerprint density at radius 3 is 2.66 bits per heavy atom. The van der Waals surface area contributed by atoms with Gasteiger partial charge in [-0.05, 0) is 49.6 Å². The first-order valence-electron chi connectivity index (χ1n) is 9.68. The molecule has 1 amide bonds. The van der Waals surface area contributed by atoms with E-state index < -0.39 is 10.0 Å². The van der Waals surface area contributed by atoms with Crippen molar-refractivity contribution in [1.82, 2.24) is 4.31 Å². The lowest BCUT2D eigenvalue weighted by atomic mass is 10.1. The molecule has 1 heterocycles. The van der Waals surface area contributed by atoms with Crippen molar-refractivity contribution in [1.29, 1.82) is 0 Å². The predicted molar refractivity (Wildman–Crippen MR) is 114 cm³/mol. The highest BCUT2D eigenvalue weighted by atomic mass is 32.2. The number of piperidine rings is 1. The number of nitrogens with zero attached hydrogens (tertiary/aromatic N) is 1. The second kappa shape index (κ2) is 9.24. The Bertz CT molecular complexity index is 996. The van der Waals surface area contributed by atoms with Crippen molar-refractivity contribution in [3.8, 4) is 5.75 Å². The lowest BCUT2D eigenvalue weighted by molar-refractivity contribution is 0.102. The first-order valence-corrected chi connectivity index (χ1v) is 11.1. The SMILES string of the molecule is C=CCOc1cccc(NC(=O)c2cc(S(=O)(=O)N3CCCCC3)ccc2C)c1. The van der Waals surface area contributed by atoms with E-state index in [1.807, 2.05) is 0 Å². The van der Waals surface area contributed by atoms with Crippen LogP contribution in [-0.2, 0) is 10.0 Å². The summed E-state index contributed by atoms with van der Waals surface area (Å²) in [5.41, 5.74) is 1.61.